The topological polar surface area (TPSA) is 56.1 Å². The fraction of sp³-hybridized carbons (Fsp3) is 0.310. The van der Waals surface area contributed by atoms with Crippen LogP contribution in [0.25, 0.3) is 16.6 Å². The van der Waals surface area contributed by atoms with Gasteiger partial charge in [0.15, 0.2) is 0 Å². The number of hydrogen-bond donors (Lipinski definition) is 1. The van der Waals surface area contributed by atoms with Crippen molar-refractivity contribution in [2.45, 2.75) is 53.7 Å². The van der Waals surface area contributed by atoms with Crippen LogP contribution in [0.3, 0.4) is 0 Å². The van der Waals surface area contributed by atoms with Crippen molar-refractivity contribution in [3.63, 3.8) is 0 Å². The van der Waals surface area contributed by atoms with E-state index in [2.05, 4.69) is 41.6 Å². The Balaban J connectivity index is 0.00000342. The molecule has 1 aromatic heterocycles. The van der Waals surface area contributed by atoms with Gasteiger partial charge >= 0.3 is 0 Å². The summed E-state index contributed by atoms with van der Waals surface area (Å²) in [7, 11) is 0. The summed E-state index contributed by atoms with van der Waals surface area (Å²) in [5.74, 6) is 0.274. The third kappa shape index (κ3) is 5.88. The number of halogens is 1. The van der Waals surface area contributed by atoms with Crippen LogP contribution in [0.15, 0.2) is 72.9 Å². The Morgan fingerprint density at radius 3 is 2.34 bits per heavy atom. The summed E-state index contributed by atoms with van der Waals surface area (Å²) in [6.07, 6.45) is 2.36. The Morgan fingerprint density at radius 2 is 1.71 bits per heavy atom. The van der Waals surface area contributed by atoms with Crippen molar-refractivity contribution >= 4 is 16.8 Å². The molecule has 0 unspecified atom stereocenters. The molecule has 184 valence electrons. The molecule has 0 saturated carbocycles. The molecule has 6 heteroatoms. The second-order valence-electron chi connectivity index (χ2n) is 8.84. The molecular weight excluding hydrogens is 441 g/mol. The first-order valence-corrected chi connectivity index (χ1v) is 11.6. The molecule has 0 aliphatic rings. The van der Waals surface area contributed by atoms with E-state index in [1.54, 1.807) is 23.0 Å². The molecule has 0 aliphatic carbocycles. The summed E-state index contributed by atoms with van der Waals surface area (Å²) in [6, 6.07) is 20.1. The number of aromatic nitrogens is 2. The average Bonchev–Trinajstić information content (AvgIpc) is 3.26. The lowest BCUT2D eigenvalue weighted by Gasteiger charge is -2.27. The molecule has 35 heavy (non-hydrogen) atoms. The average molecular weight is 476 g/mol. The molecule has 0 saturated heterocycles. The minimum atomic E-state index is -0.363. The number of hydrogen-bond acceptors (Lipinski definition) is 3. The van der Waals surface area contributed by atoms with Crippen molar-refractivity contribution in [3.05, 3.63) is 89.9 Å². The van der Waals surface area contributed by atoms with Gasteiger partial charge in [0, 0.05) is 11.3 Å². The number of carbonyl (C=O) groups excluding carboxylic acids is 1. The van der Waals surface area contributed by atoms with Crippen LogP contribution in [0.5, 0.6) is 5.75 Å². The SMILES string of the molecule is C.CCc1ccc([C@@H](Oc2ccc3c(cnn3-c3ccc(F)cc3)c2)[C@H](C)NC(=O)C(C)C)cc1. The lowest BCUT2D eigenvalue weighted by molar-refractivity contribution is -0.125. The third-order valence-electron chi connectivity index (χ3n) is 5.94. The standard InChI is InChI=1S/C28H30FN3O2.CH4/c1-5-20-6-8-21(9-7-20)27(19(4)31-28(33)18(2)3)34-25-14-15-26-22(16-25)17-30-32(26)24-12-10-23(29)11-13-24;/h6-19,27H,5H2,1-4H3,(H,31,33);1H4/t19-,27-;/m0./s1. The van der Waals surface area contributed by atoms with Gasteiger partial charge in [-0.3, -0.25) is 4.79 Å². The highest BCUT2D eigenvalue weighted by Gasteiger charge is 2.24. The maximum atomic E-state index is 13.3. The van der Waals surface area contributed by atoms with E-state index in [1.165, 1.54) is 17.7 Å². The van der Waals surface area contributed by atoms with Gasteiger partial charge in [-0.1, -0.05) is 52.5 Å². The van der Waals surface area contributed by atoms with Crippen LogP contribution >= 0.6 is 0 Å². The monoisotopic (exact) mass is 475 g/mol. The molecule has 0 aliphatic heterocycles. The number of carbonyl (C=O) groups is 1. The zero-order chi connectivity index (χ0) is 24.2. The van der Waals surface area contributed by atoms with Crippen LogP contribution in [0.1, 0.15) is 52.4 Å². The molecule has 1 N–H and O–H groups in total. The number of ether oxygens (including phenoxy) is 1. The molecule has 1 heterocycles. The second-order valence-corrected chi connectivity index (χ2v) is 8.84. The Morgan fingerprint density at radius 1 is 1.03 bits per heavy atom. The minimum absolute atomic E-state index is 0. The number of rotatable bonds is 8. The highest BCUT2D eigenvalue weighted by atomic mass is 19.1. The summed E-state index contributed by atoms with van der Waals surface area (Å²) < 4.78 is 21.5. The van der Waals surface area contributed by atoms with Crippen LogP contribution < -0.4 is 10.1 Å². The fourth-order valence-electron chi connectivity index (χ4n) is 3.89. The van der Waals surface area contributed by atoms with Crippen molar-refractivity contribution in [1.29, 1.82) is 0 Å². The first-order chi connectivity index (χ1) is 16.4. The Kier molecular flexibility index (Phi) is 8.28. The van der Waals surface area contributed by atoms with Gasteiger partial charge in [0.25, 0.3) is 0 Å². The van der Waals surface area contributed by atoms with E-state index in [0.717, 1.165) is 28.6 Å². The van der Waals surface area contributed by atoms with E-state index in [-0.39, 0.29) is 37.2 Å². The molecule has 0 fully saturated rings. The Bertz CT molecular complexity index is 1260. The van der Waals surface area contributed by atoms with Gasteiger partial charge in [0.2, 0.25) is 5.91 Å². The number of aryl methyl sites for hydroxylation is 1. The summed E-state index contributed by atoms with van der Waals surface area (Å²) in [6.45, 7) is 7.83. The van der Waals surface area contributed by atoms with Crippen molar-refractivity contribution in [1.82, 2.24) is 15.1 Å². The fourth-order valence-corrected chi connectivity index (χ4v) is 3.89. The number of nitrogens with one attached hydrogen (secondary N) is 1. The van der Waals surface area contributed by atoms with Crippen LogP contribution in [0.2, 0.25) is 0 Å². The molecule has 5 nitrogen and oxygen atoms in total. The van der Waals surface area contributed by atoms with Gasteiger partial charge in [0.05, 0.1) is 23.4 Å². The van der Waals surface area contributed by atoms with Crippen LogP contribution in [-0.4, -0.2) is 21.7 Å². The quantitative estimate of drug-likeness (QED) is 0.311. The van der Waals surface area contributed by atoms with E-state index in [0.29, 0.717) is 5.75 Å². The van der Waals surface area contributed by atoms with Gasteiger partial charge in [-0.2, -0.15) is 5.10 Å². The normalized spacial score (nSPS) is 12.7. The van der Waals surface area contributed by atoms with E-state index in [4.69, 9.17) is 4.74 Å². The van der Waals surface area contributed by atoms with Gasteiger partial charge in [-0.05, 0) is 66.9 Å². The Hall–Kier alpha value is -3.67. The third-order valence-corrected chi connectivity index (χ3v) is 5.94. The smallest absolute Gasteiger partial charge is 0.222 e. The minimum Gasteiger partial charge on any atom is -0.484 e. The molecule has 3 aromatic carbocycles. The van der Waals surface area contributed by atoms with E-state index in [9.17, 15) is 9.18 Å². The molecule has 0 radical (unpaired) electrons. The summed E-state index contributed by atoms with van der Waals surface area (Å²) in [4.78, 5) is 12.4. The highest BCUT2D eigenvalue weighted by molar-refractivity contribution is 5.82. The van der Waals surface area contributed by atoms with E-state index < -0.39 is 0 Å². The van der Waals surface area contributed by atoms with Crippen molar-refractivity contribution in [2.75, 3.05) is 0 Å². The molecule has 0 bridgehead atoms. The van der Waals surface area contributed by atoms with Gasteiger partial charge in [0.1, 0.15) is 17.7 Å². The number of benzene rings is 3. The molecular formula is C29H34FN3O2. The lowest BCUT2D eigenvalue weighted by Crippen LogP contribution is -2.41. The second kappa shape index (κ2) is 11.2. The first kappa shape index (κ1) is 25.9. The number of nitrogens with zero attached hydrogens (tertiary/aromatic N) is 2. The van der Waals surface area contributed by atoms with Gasteiger partial charge in [-0.15, -0.1) is 0 Å². The van der Waals surface area contributed by atoms with Crippen molar-refractivity contribution < 1.29 is 13.9 Å². The van der Waals surface area contributed by atoms with E-state index in [1.807, 2.05) is 39.0 Å². The molecule has 4 aromatic rings. The predicted molar refractivity (Wildman–Crippen MR) is 139 cm³/mol. The zero-order valence-electron chi connectivity index (χ0n) is 20.0. The van der Waals surface area contributed by atoms with E-state index >= 15 is 0 Å². The lowest BCUT2D eigenvalue weighted by atomic mass is 10.00. The largest absolute Gasteiger partial charge is 0.484 e. The summed E-state index contributed by atoms with van der Waals surface area (Å²) >= 11 is 0. The molecule has 0 spiro atoms. The maximum absolute atomic E-state index is 13.3. The predicted octanol–water partition coefficient (Wildman–Crippen LogP) is 6.64. The highest BCUT2D eigenvalue weighted by Crippen LogP contribution is 2.29. The Labute approximate surface area is 206 Å². The van der Waals surface area contributed by atoms with Gasteiger partial charge < -0.3 is 10.1 Å². The summed E-state index contributed by atoms with van der Waals surface area (Å²) in [5, 5.41) is 8.45. The van der Waals surface area contributed by atoms with Crippen LogP contribution in [0, 0.1) is 11.7 Å². The number of fused-ring (bicyclic) bond motifs is 1. The molecule has 1 amide bonds. The summed E-state index contributed by atoms with van der Waals surface area (Å²) in [5.41, 5.74) is 3.92. The zero-order valence-corrected chi connectivity index (χ0v) is 20.0. The van der Waals surface area contributed by atoms with Crippen molar-refractivity contribution in [3.8, 4) is 11.4 Å². The van der Waals surface area contributed by atoms with Crippen LogP contribution in [-0.2, 0) is 11.2 Å². The molecule has 2 atom stereocenters. The molecule has 4 rings (SSSR count). The first-order valence-electron chi connectivity index (χ1n) is 11.6. The van der Waals surface area contributed by atoms with Gasteiger partial charge in [-0.25, -0.2) is 9.07 Å². The maximum Gasteiger partial charge on any atom is 0.222 e. The van der Waals surface area contributed by atoms with Crippen LogP contribution in [0.4, 0.5) is 4.39 Å². The van der Waals surface area contributed by atoms with Crippen molar-refractivity contribution in [2.24, 2.45) is 5.92 Å². The number of amides is 1.